The lowest BCUT2D eigenvalue weighted by atomic mass is 10.1. The van der Waals surface area contributed by atoms with Gasteiger partial charge >= 0.3 is 6.61 Å². The number of piperazine rings is 1. The van der Waals surface area contributed by atoms with Gasteiger partial charge in [0.2, 0.25) is 0 Å². The molecule has 1 N–H and O–H groups in total. The molecule has 21 heavy (non-hydrogen) atoms. The highest BCUT2D eigenvalue weighted by Gasteiger charge is 2.20. The lowest BCUT2D eigenvalue weighted by Gasteiger charge is -2.32. The molecular weight excluding hydrogens is 302 g/mol. The number of rotatable bonds is 5. The fourth-order valence-electron chi connectivity index (χ4n) is 2.47. The summed E-state index contributed by atoms with van der Waals surface area (Å²) in [4.78, 5) is 2.22. The van der Waals surface area contributed by atoms with Crippen molar-refractivity contribution in [3.63, 3.8) is 0 Å². The second-order valence-corrected chi connectivity index (χ2v) is 4.92. The summed E-state index contributed by atoms with van der Waals surface area (Å²) in [5.41, 5.74) is 0.721. The van der Waals surface area contributed by atoms with Gasteiger partial charge < -0.3 is 14.8 Å². The van der Waals surface area contributed by atoms with Crippen LogP contribution in [0.5, 0.6) is 11.5 Å². The van der Waals surface area contributed by atoms with Crippen LogP contribution in [-0.4, -0.2) is 44.3 Å². The van der Waals surface area contributed by atoms with E-state index in [0.717, 1.165) is 25.2 Å². The van der Waals surface area contributed by atoms with E-state index in [9.17, 15) is 8.78 Å². The minimum absolute atomic E-state index is 0. The van der Waals surface area contributed by atoms with Crippen molar-refractivity contribution in [3.05, 3.63) is 23.8 Å². The van der Waals surface area contributed by atoms with Crippen molar-refractivity contribution in [3.8, 4) is 11.5 Å². The van der Waals surface area contributed by atoms with Crippen LogP contribution in [0.1, 0.15) is 12.5 Å². The maximum absolute atomic E-state index is 12.6. The van der Waals surface area contributed by atoms with Gasteiger partial charge in [-0.25, -0.2) is 0 Å². The highest BCUT2D eigenvalue weighted by molar-refractivity contribution is 5.85. The Bertz CT molecular complexity index is 449. The molecule has 1 heterocycles. The normalized spacial score (nSPS) is 19.2. The highest BCUT2D eigenvalue weighted by atomic mass is 35.5. The van der Waals surface area contributed by atoms with Gasteiger partial charge in [-0.1, -0.05) is 12.1 Å². The quantitative estimate of drug-likeness (QED) is 0.903. The molecule has 0 spiro atoms. The number of halogens is 3. The molecule has 1 atom stereocenters. The molecule has 1 fully saturated rings. The van der Waals surface area contributed by atoms with E-state index in [-0.39, 0.29) is 18.2 Å². The first-order chi connectivity index (χ1) is 9.60. The van der Waals surface area contributed by atoms with Crippen molar-refractivity contribution in [2.75, 3.05) is 26.7 Å². The Morgan fingerprint density at radius 1 is 1.43 bits per heavy atom. The Morgan fingerprint density at radius 2 is 2.19 bits per heavy atom. The molecule has 0 unspecified atom stereocenters. The number of hydrogen-bond acceptors (Lipinski definition) is 4. The van der Waals surface area contributed by atoms with Gasteiger partial charge in [0.15, 0.2) is 11.5 Å². The summed E-state index contributed by atoms with van der Waals surface area (Å²) in [6.45, 7) is 2.49. The average Bonchev–Trinajstić information content (AvgIpc) is 2.40. The fraction of sp³-hybridized carbons (Fsp3) is 0.571. The monoisotopic (exact) mass is 322 g/mol. The van der Waals surface area contributed by atoms with Crippen LogP contribution in [0.2, 0.25) is 0 Å². The van der Waals surface area contributed by atoms with E-state index in [1.165, 1.54) is 7.11 Å². The van der Waals surface area contributed by atoms with Gasteiger partial charge in [0.05, 0.1) is 7.11 Å². The van der Waals surface area contributed by atoms with Crippen LogP contribution in [0.15, 0.2) is 18.2 Å². The van der Waals surface area contributed by atoms with E-state index in [2.05, 4.69) is 21.9 Å². The number of methoxy groups -OCH3 is 1. The van der Waals surface area contributed by atoms with Crippen molar-refractivity contribution in [2.45, 2.75) is 26.1 Å². The fourth-order valence-corrected chi connectivity index (χ4v) is 2.47. The van der Waals surface area contributed by atoms with Gasteiger partial charge in [-0.2, -0.15) is 8.78 Å². The van der Waals surface area contributed by atoms with Crippen LogP contribution in [0, 0.1) is 0 Å². The first kappa shape index (κ1) is 17.9. The molecule has 0 amide bonds. The molecule has 1 aromatic carbocycles. The Kier molecular flexibility index (Phi) is 7.14. The summed E-state index contributed by atoms with van der Waals surface area (Å²) in [6.07, 6.45) is 0. The van der Waals surface area contributed by atoms with Gasteiger partial charge in [0.25, 0.3) is 0 Å². The lowest BCUT2D eigenvalue weighted by molar-refractivity contribution is -0.0522. The smallest absolute Gasteiger partial charge is 0.387 e. The molecule has 1 aliphatic heterocycles. The maximum atomic E-state index is 12.6. The number of benzene rings is 1. The van der Waals surface area contributed by atoms with Crippen molar-refractivity contribution >= 4 is 12.4 Å². The second kappa shape index (κ2) is 8.36. The molecule has 1 saturated heterocycles. The SMILES string of the molecule is COc1cccc(CN2CCN[C@@H](C)C2)c1OC(F)F.Cl. The molecule has 0 bridgehead atoms. The summed E-state index contributed by atoms with van der Waals surface area (Å²) in [7, 11) is 1.45. The maximum Gasteiger partial charge on any atom is 0.387 e. The predicted molar refractivity (Wildman–Crippen MR) is 79.6 cm³/mol. The third kappa shape index (κ3) is 4.98. The predicted octanol–water partition coefficient (Wildman–Crippen LogP) is 2.51. The summed E-state index contributed by atoms with van der Waals surface area (Å²) in [5.74, 6) is 0.474. The van der Waals surface area contributed by atoms with Crippen LogP contribution in [0.3, 0.4) is 0 Å². The van der Waals surface area contributed by atoms with Gasteiger partial charge in [-0.3, -0.25) is 4.90 Å². The zero-order valence-corrected chi connectivity index (χ0v) is 13.0. The molecule has 0 aromatic heterocycles. The molecule has 0 radical (unpaired) electrons. The van der Waals surface area contributed by atoms with E-state index >= 15 is 0 Å². The number of hydrogen-bond donors (Lipinski definition) is 1. The number of nitrogens with one attached hydrogen (secondary N) is 1. The van der Waals surface area contributed by atoms with Gasteiger partial charge in [-0.05, 0) is 13.0 Å². The Labute approximate surface area is 129 Å². The van der Waals surface area contributed by atoms with E-state index in [4.69, 9.17) is 4.74 Å². The Balaban J connectivity index is 0.00000220. The zero-order valence-electron chi connectivity index (χ0n) is 12.1. The van der Waals surface area contributed by atoms with Gasteiger partial charge in [0.1, 0.15) is 0 Å². The second-order valence-electron chi connectivity index (χ2n) is 4.92. The molecule has 4 nitrogen and oxygen atoms in total. The number of para-hydroxylation sites is 1. The molecule has 2 rings (SSSR count). The third-order valence-electron chi connectivity index (χ3n) is 3.33. The van der Waals surface area contributed by atoms with Crippen LogP contribution in [-0.2, 0) is 6.54 Å². The summed E-state index contributed by atoms with van der Waals surface area (Å²) >= 11 is 0. The van der Waals surface area contributed by atoms with Crippen molar-refractivity contribution in [1.29, 1.82) is 0 Å². The Hall–Kier alpha value is -1.11. The standard InChI is InChI=1S/C14H20F2N2O2.ClH/c1-10-8-18(7-6-17-10)9-11-4-3-5-12(19-2)13(11)20-14(15)16;/h3-5,10,14,17H,6-9H2,1-2H3;1H/t10-;/m0./s1. The average molecular weight is 323 g/mol. The summed E-state index contributed by atoms with van der Waals surface area (Å²) in [6, 6.07) is 5.61. The Morgan fingerprint density at radius 3 is 2.81 bits per heavy atom. The van der Waals surface area contributed by atoms with E-state index in [1.807, 2.05) is 0 Å². The minimum atomic E-state index is -2.85. The molecule has 1 aromatic rings. The van der Waals surface area contributed by atoms with E-state index in [1.54, 1.807) is 18.2 Å². The minimum Gasteiger partial charge on any atom is -0.493 e. The van der Waals surface area contributed by atoms with Crippen molar-refractivity contribution in [1.82, 2.24) is 10.2 Å². The van der Waals surface area contributed by atoms with Crippen LogP contribution >= 0.6 is 12.4 Å². The summed E-state index contributed by atoms with van der Waals surface area (Å²) < 4.78 is 34.9. The van der Waals surface area contributed by atoms with Crippen molar-refractivity contribution < 1.29 is 18.3 Å². The van der Waals surface area contributed by atoms with E-state index < -0.39 is 6.61 Å². The summed E-state index contributed by atoms with van der Waals surface area (Å²) in [5, 5.41) is 3.35. The number of ether oxygens (including phenoxy) is 2. The largest absolute Gasteiger partial charge is 0.493 e. The number of nitrogens with zero attached hydrogens (tertiary/aromatic N) is 1. The van der Waals surface area contributed by atoms with Crippen molar-refractivity contribution in [2.24, 2.45) is 0 Å². The topological polar surface area (TPSA) is 33.7 Å². The van der Waals surface area contributed by atoms with Crippen LogP contribution < -0.4 is 14.8 Å². The third-order valence-corrected chi connectivity index (χ3v) is 3.33. The van der Waals surface area contributed by atoms with Crippen LogP contribution in [0.4, 0.5) is 8.78 Å². The van der Waals surface area contributed by atoms with Gasteiger partial charge in [0, 0.05) is 37.8 Å². The number of alkyl halides is 2. The first-order valence-electron chi connectivity index (χ1n) is 6.66. The van der Waals surface area contributed by atoms with Crippen LogP contribution in [0.25, 0.3) is 0 Å². The van der Waals surface area contributed by atoms with Gasteiger partial charge in [-0.15, -0.1) is 12.4 Å². The molecule has 0 saturated carbocycles. The first-order valence-corrected chi connectivity index (χ1v) is 6.66. The molecule has 0 aliphatic carbocycles. The molecular formula is C14H21ClF2N2O2. The molecule has 1 aliphatic rings. The molecule has 120 valence electrons. The lowest BCUT2D eigenvalue weighted by Crippen LogP contribution is -2.48. The van der Waals surface area contributed by atoms with E-state index in [0.29, 0.717) is 18.3 Å². The highest BCUT2D eigenvalue weighted by Crippen LogP contribution is 2.33. The molecule has 7 heteroatoms. The zero-order chi connectivity index (χ0) is 14.5.